The molecule has 0 bridgehead atoms. The lowest BCUT2D eigenvalue weighted by atomic mass is 9.88. The Morgan fingerprint density at radius 3 is 2.78 bits per heavy atom. The molecule has 4 nitrogen and oxygen atoms in total. The second-order valence-electron chi connectivity index (χ2n) is 6.82. The summed E-state index contributed by atoms with van der Waals surface area (Å²) in [7, 11) is 0. The van der Waals surface area contributed by atoms with Crippen LogP contribution in [-0.4, -0.2) is 18.8 Å². The van der Waals surface area contributed by atoms with Crippen LogP contribution in [0.25, 0.3) is 10.8 Å². The Balaban J connectivity index is 1.46. The van der Waals surface area contributed by atoms with Gasteiger partial charge in [-0.1, -0.05) is 54.6 Å². The van der Waals surface area contributed by atoms with Gasteiger partial charge in [0.05, 0.1) is 11.6 Å². The van der Waals surface area contributed by atoms with E-state index >= 15 is 0 Å². The molecule has 3 aromatic carbocycles. The van der Waals surface area contributed by atoms with E-state index in [4.69, 9.17) is 4.74 Å². The lowest BCUT2D eigenvalue weighted by molar-refractivity contribution is -0.124. The summed E-state index contributed by atoms with van der Waals surface area (Å²) in [6, 6.07) is 19.5. The van der Waals surface area contributed by atoms with E-state index in [1.165, 1.54) is 11.1 Å². The summed E-state index contributed by atoms with van der Waals surface area (Å²) in [5.74, 6) is 0.254. The maximum atomic E-state index is 12.4. The third-order valence-corrected chi connectivity index (χ3v) is 5.11. The Bertz CT molecular complexity index is 996. The monoisotopic (exact) mass is 359 g/mol. The van der Waals surface area contributed by atoms with E-state index in [9.17, 15) is 9.59 Å². The van der Waals surface area contributed by atoms with E-state index in [1.54, 1.807) is 6.07 Å². The molecule has 1 amide bonds. The molecule has 0 heterocycles. The van der Waals surface area contributed by atoms with Crippen LogP contribution < -0.4 is 10.1 Å². The molecule has 0 spiro atoms. The summed E-state index contributed by atoms with van der Waals surface area (Å²) in [4.78, 5) is 24.0. The van der Waals surface area contributed by atoms with E-state index in [0.29, 0.717) is 11.3 Å². The van der Waals surface area contributed by atoms with E-state index in [0.717, 1.165) is 36.3 Å². The minimum atomic E-state index is -0.179. The summed E-state index contributed by atoms with van der Waals surface area (Å²) in [6.07, 6.45) is 3.83. The first-order valence-electron chi connectivity index (χ1n) is 9.23. The van der Waals surface area contributed by atoms with Crippen LogP contribution in [0.1, 0.15) is 40.4 Å². The zero-order chi connectivity index (χ0) is 18.6. The molecule has 0 saturated carbocycles. The van der Waals surface area contributed by atoms with Crippen LogP contribution >= 0.6 is 0 Å². The Hall–Kier alpha value is -3.14. The van der Waals surface area contributed by atoms with Gasteiger partial charge in [-0.2, -0.15) is 0 Å². The maximum absolute atomic E-state index is 12.4. The van der Waals surface area contributed by atoms with Gasteiger partial charge in [0.15, 0.2) is 12.9 Å². The Morgan fingerprint density at radius 2 is 1.89 bits per heavy atom. The topological polar surface area (TPSA) is 55.4 Å². The standard InChI is InChI=1S/C23H21NO3/c25-14-20-18-9-3-1-7-17(18)12-13-22(20)27-15-23(26)24-21-11-5-8-16-6-2-4-10-19(16)21/h1-4,6-7,9-10,12-14,21H,5,8,11,15H2,(H,24,26)/t21-/m0/s1. The molecule has 1 N–H and O–H groups in total. The second-order valence-corrected chi connectivity index (χ2v) is 6.82. The molecule has 1 atom stereocenters. The van der Waals surface area contributed by atoms with Crippen molar-refractivity contribution in [3.63, 3.8) is 0 Å². The highest BCUT2D eigenvalue weighted by Crippen LogP contribution is 2.30. The first-order valence-corrected chi connectivity index (χ1v) is 9.23. The molecule has 0 aliphatic heterocycles. The van der Waals surface area contributed by atoms with Gasteiger partial charge in [0.1, 0.15) is 5.75 Å². The zero-order valence-corrected chi connectivity index (χ0v) is 15.0. The first-order chi connectivity index (χ1) is 13.3. The number of carbonyl (C=O) groups is 2. The van der Waals surface area contributed by atoms with E-state index in [2.05, 4.69) is 17.4 Å². The second kappa shape index (κ2) is 7.62. The molecule has 0 saturated heterocycles. The van der Waals surface area contributed by atoms with Crippen molar-refractivity contribution in [3.8, 4) is 5.75 Å². The molecule has 0 radical (unpaired) electrons. The molecule has 1 aliphatic rings. The molecule has 27 heavy (non-hydrogen) atoms. The first kappa shape index (κ1) is 17.3. The fraction of sp³-hybridized carbons (Fsp3) is 0.217. The molecular weight excluding hydrogens is 338 g/mol. The van der Waals surface area contributed by atoms with Crippen LogP contribution in [0, 0.1) is 0 Å². The van der Waals surface area contributed by atoms with Crippen LogP contribution in [0.4, 0.5) is 0 Å². The minimum absolute atomic E-state index is 0.0215. The number of rotatable bonds is 5. The fourth-order valence-electron chi connectivity index (χ4n) is 3.81. The summed E-state index contributed by atoms with van der Waals surface area (Å²) >= 11 is 0. The van der Waals surface area contributed by atoms with Gasteiger partial charge in [0.25, 0.3) is 5.91 Å². The van der Waals surface area contributed by atoms with Gasteiger partial charge in [-0.15, -0.1) is 0 Å². The fourth-order valence-corrected chi connectivity index (χ4v) is 3.81. The molecule has 0 aromatic heterocycles. The number of aryl methyl sites for hydroxylation is 1. The van der Waals surface area contributed by atoms with Crippen LogP contribution in [0.15, 0.2) is 60.7 Å². The third kappa shape index (κ3) is 3.56. The summed E-state index contributed by atoms with van der Waals surface area (Å²) in [6.45, 7) is -0.113. The van der Waals surface area contributed by atoms with Crippen molar-refractivity contribution in [2.24, 2.45) is 0 Å². The van der Waals surface area contributed by atoms with Crippen molar-refractivity contribution in [2.45, 2.75) is 25.3 Å². The number of carbonyl (C=O) groups excluding carboxylic acids is 2. The van der Waals surface area contributed by atoms with Gasteiger partial charge >= 0.3 is 0 Å². The van der Waals surface area contributed by atoms with Gasteiger partial charge in [-0.3, -0.25) is 9.59 Å². The van der Waals surface area contributed by atoms with Crippen molar-refractivity contribution in [1.82, 2.24) is 5.32 Å². The van der Waals surface area contributed by atoms with E-state index in [1.807, 2.05) is 42.5 Å². The van der Waals surface area contributed by atoms with Gasteiger partial charge in [-0.05, 0) is 47.2 Å². The van der Waals surface area contributed by atoms with Crippen molar-refractivity contribution in [3.05, 3.63) is 77.4 Å². The van der Waals surface area contributed by atoms with Gasteiger partial charge < -0.3 is 10.1 Å². The van der Waals surface area contributed by atoms with Gasteiger partial charge in [0.2, 0.25) is 0 Å². The number of ether oxygens (including phenoxy) is 1. The van der Waals surface area contributed by atoms with Crippen molar-refractivity contribution < 1.29 is 14.3 Å². The molecule has 1 aliphatic carbocycles. The van der Waals surface area contributed by atoms with Crippen molar-refractivity contribution in [2.75, 3.05) is 6.61 Å². The molecule has 4 rings (SSSR count). The number of hydrogen-bond donors (Lipinski definition) is 1. The number of benzene rings is 3. The molecule has 3 aromatic rings. The third-order valence-electron chi connectivity index (χ3n) is 5.11. The Kier molecular flexibility index (Phi) is 4.88. The van der Waals surface area contributed by atoms with E-state index < -0.39 is 0 Å². The largest absolute Gasteiger partial charge is 0.483 e. The molecule has 0 fully saturated rings. The summed E-state index contributed by atoms with van der Waals surface area (Å²) in [5, 5.41) is 4.86. The number of nitrogens with one attached hydrogen (secondary N) is 1. The minimum Gasteiger partial charge on any atom is -0.483 e. The highest BCUT2D eigenvalue weighted by atomic mass is 16.5. The summed E-state index contributed by atoms with van der Waals surface area (Å²) in [5.41, 5.74) is 2.97. The highest BCUT2D eigenvalue weighted by molar-refractivity contribution is 6.00. The Morgan fingerprint density at radius 1 is 1.07 bits per heavy atom. The predicted octanol–water partition coefficient (Wildman–Crippen LogP) is 4.22. The Labute approximate surface area is 158 Å². The molecule has 0 unspecified atom stereocenters. The normalized spacial score (nSPS) is 15.8. The van der Waals surface area contributed by atoms with Crippen molar-refractivity contribution >= 4 is 23.0 Å². The number of fused-ring (bicyclic) bond motifs is 2. The van der Waals surface area contributed by atoms with Crippen LogP contribution in [0.5, 0.6) is 5.75 Å². The smallest absolute Gasteiger partial charge is 0.258 e. The predicted molar refractivity (Wildman–Crippen MR) is 105 cm³/mol. The van der Waals surface area contributed by atoms with Gasteiger partial charge in [0, 0.05) is 0 Å². The quantitative estimate of drug-likeness (QED) is 0.694. The molecular formula is C23H21NO3. The van der Waals surface area contributed by atoms with Crippen molar-refractivity contribution in [1.29, 1.82) is 0 Å². The average molecular weight is 359 g/mol. The van der Waals surface area contributed by atoms with Crippen LogP contribution in [0.2, 0.25) is 0 Å². The molecule has 136 valence electrons. The number of amides is 1. The SMILES string of the molecule is O=Cc1c(OCC(=O)N[C@H]2CCCc3ccccc32)ccc2ccccc12. The summed E-state index contributed by atoms with van der Waals surface area (Å²) < 4.78 is 5.68. The van der Waals surface area contributed by atoms with Gasteiger partial charge in [-0.25, -0.2) is 0 Å². The van der Waals surface area contributed by atoms with Crippen LogP contribution in [0.3, 0.4) is 0 Å². The maximum Gasteiger partial charge on any atom is 0.258 e. The van der Waals surface area contributed by atoms with E-state index in [-0.39, 0.29) is 18.6 Å². The zero-order valence-electron chi connectivity index (χ0n) is 15.0. The average Bonchev–Trinajstić information content (AvgIpc) is 2.72. The lowest BCUT2D eigenvalue weighted by Crippen LogP contribution is -2.34. The highest BCUT2D eigenvalue weighted by Gasteiger charge is 2.21. The van der Waals surface area contributed by atoms with Crippen LogP contribution in [-0.2, 0) is 11.2 Å². The molecule has 4 heteroatoms. The lowest BCUT2D eigenvalue weighted by Gasteiger charge is -2.26. The number of hydrogen-bond acceptors (Lipinski definition) is 3. The number of aldehydes is 1.